The summed E-state index contributed by atoms with van der Waals surface area (Å²) in [6.07, 6.45) is 0. The average molecular weight is 306 g/mol. The molecular weight excluding hydrogens is 288 g/mol. The molecule has 0 aliphatic carbocycles. The van der Waals surface area contributed by atoms with E-state index in [0.29, 0.717) is 5.56 Å². The third kappa shape index (κ3) is 2.61. The van der Waals surface area contributed by atoms with Gasteiger partial charge in [0, 0.05) is 5.56 Å². The fourth-order valence-corrected chi connectivity index (χ4v) is 3.95. The van der Waals surface area contributed by atoms with Gasteiger partial charge < -0.3 is 10.2 Å². The highest BCUT2D eigenvalue weighted by molar-refractivity contribution is 7.91. The van der Waals surface area contributed by atoms with E-state index in [0.717, 1.165) is 11.1 Å². The lowest BCUT2D eigenvalue weighted by Gasteiger charge is -2.13. The van der Waals surface area contributed by atoms with Gasteiger partial charge in [0.2, 0.25) is 9.84 Å². The summed E-state index contributed by atoms with van der Waals surface area (Å²) in [5, 5.41) is 19.8. The smallest absolute Gasteiger partial charge is 0.210 e. The van der Waals surface area contributed by atoms with Crippen LogP contribution in [0.4, 0.5) is 0 Å². The fourth-order valence-electron chi connectivity index (χ4n) is 2.19. The first-order valence-electron chi connectivity index (χ1n) is 6.50. The van der Waals surface area contributed by atoms with Crippen molar-refractivity contribution in [3.63, 3.8) is 0 Å². The van der Waals surface area contributed by atoms with Gasteiger partial charge >= 0.3 is 0 Å². The van der Waals surface area contributed by atoms with Gasteiger partial charge in [-0.2, -0.15) is 0 Å². The normalized spacial score (nSPS) is 11.6. The van der Waals surface area contributed by atoms with E-state index in [-0.39, 0.29) is 26.9 Å². The number of hydrogen-bond donors (Lipinski definition) is 2. The van der Waals surface area contributed by atoms with Crippen LogP contribution in [-0.2, 0) is 9.84 Å². The van der Waals surface area contributed by atoms with E-state index in [4.69, 9.17) is 0 Å². The third-order valence-corrected chi connectivity index (χ3v) is 5.54. The van der Waals surface area contributed by atoms with Crippen LogP contribution in [0.2, 0.25) is 0 Å². The van der Waals surface area contributed by atoms with Crippen molar-refractivity contribution < 1.29 is 18.6 Å². The van der Waals surface area contributed by atoms with Crippen LogP contribution in [0.5, 0.6) is 11.5 Å². The Bertz CT molecular complexity index is 821. The molecule has 2 aromatic rings. The van der Waals surface area contributed by atoms with E-state index in [9.17, 15) is 18.6 Å². The van der Waals surface area contributed by atoms with Crippen LogP contribution in [0, 0.1) is 27.7 Å². The molecule has 0 fully saturated rings. The summed E-state index contributed by atoms with van der Waals surface area (Å²) < 4.78 is 25.5. The molecule has 0 bridgehead atoms. The topological polar surface area (TPSA) is 74.6 Å². The molecule has 0 unspecified atom stereocenters. The van der Waals surface area contributed by atoms with Crippen molar-refractivity contribution >= 4 is 9.84 Å². The molecule has 0 aliphatic rings. The molecule has 0 aliphatic heterocycles. The Kier molecular flexibility index (Phi) is 3.72. The molecule has 0 radical (unpaired) electrons. The molecule has 5 heteroatoms. The van der Waals surface area contributed by atoms with E-state index in [1.165, 1.54) is 24.3 Å². The highest BCUT2D eigenvalue weighted by Crippen LogP contribution is 2.35. The molecule has 2 aromatic carbocycles. The summed E-state index contributed by atoms with van der Waals surface area (Å²) >= 11 is 0. The molecule has 2 N–H and O–H groups in total. The Morgan fingerprint density at radius 1 is 0.762 bits per heavy atom. The minimum Gasteiger partial charge on any atom is -0.508 e. The molecule has 0 aromatic heterocycles. The van der Waals surface area contributed by atoms with E-state index in [2.05, 4.69) is 0 Å². The average Bonchev–Trinajstić information content (AvgIpc) is 2.37. The van der Waals surface area contributed by atoms with Crippen LogP contribution >= 0.6 is 0 Å². The predicted octanol–water partition coefficient (Wildman–Crippen LogP) is 3.16. The van der Waals surface area contributed by atoms with Crippen LogP contribution in [0.15, 0.2) is 34.1 Å². The largest absolute Gasteiger partial charge is 0.508 e. The van der Waals surface area contributed by atoms with Gasteiger partial charge in [-0.1, -0.05) is 0 Å². The Morgan fingerprint density at radius 3 is 1.95 bits per heavy atom. The quantitative estimate of drug-likeness (QED) is 0.893. The van der Waals surface area contributed by atoms with Crippen molar-refractivity contribution in [2.45, 2.75) is 37.5 Å². The number of aromatic hydroxyl groups is 2. The summed E-state index contributed by atoms with van der Waals surface area (Å²) in [5.74, 6) is -0.351. The lowest BCUT2D eigenvalue weighted by molar-refractivity contribution is 0.457. The van der Waals surface area contributed by atoms with Gasteiger partial charge in [0.05, 0.1) is 4.90 Å². The maximum absolute atomic E-state index is 12.8. The fraction of sp³-hybridized carbons (Fsp3) is 0.250. The van der Waals surface area contributed by atoms with Crippen molar-refractivity contribution in [3.8, 4) is 11.5 Å². The molecule has 0 saturated heterocycles. The number of hydrogen-bond acceptors (Lipinski definition) is 4. The zero-order chi connectivity index (χ0) is 15.9. The monoisotopic (exact) mass is 306 g/mol. The summed E-state index contributed by atoms with van der Waals surface area (Å²) in [7, 11) is -3.89. The summed E-state index contributed by atoms with van der Waals surface area (Å²) in [5.41, 5.74) is 2.51. The molecule has 0 saturated carbocycles. The second kappa shape index (κ2) is 5.07. The summed E-state index contributed by atoms with van der Waals surface area (Å²) in [6.45, 7) is 6.84. The maximum atomic E-state index is 12.8. The Hall–Kier alpha value is -2.01. The molecule has 0 atom stereocenters. The van der Waals surface area contributed by atoms with Gasteiger partial charge in [0.15, 0.2) is 0 Å². The highest BCUT2D eigenvalue weighted by atomic mass is 32.2. The van der Waals surface area contributed by atoms with Crippen molar-refractivity contribution in [1.29, 1.82) is 0 Å². The third-order valence-electron chi connectivity index (χ3n) is 3.63. The number of rotatable bonds is 2. The van der Waals surface area contributed by atoms with Crippen molar-refractivity contribution in [2.75, 3.05) is 0 Å². The Labute approximate surface area is 124 Å². The number of phenols is 2. The second-order valence-electron chi connectivity index (χ2n) is 5.31. The summed E-state index contributed by atoms with van der Waals surface area (Å²) in [6, 6.07) is 5.90. The molecule has 0 spiro atoms. The van der Waals surface area contributed by atoms with Crippen LogP contribution in [0.25, 0.3) is 0 Å². The van der Waals surface area contributed by atoms with Gasteiger partial charge in [-0.25, -0.2) is 8.42 Å². The number of phenolic OH excluding ortho intramolecular Hbond substituents is 2. The first-order valence-corrected chi connectivity index (χ1v) is 7.98. The first-order chi connectivity index (χ1) is 9.64. The zero-order valence-corrected chi connectivity index (χ0v) is 13.2. The van der Waals surface area contributed by atoms with Crippen LogP contribution in [-0.4, -0.2) is 18.6 Å². The van der Waals surface area contributed by atoms with E-state index in [1.807, 2.05) is 0 Å². The number of aryl methyl sites for hydroxylation is 3. The molecule has 0 amide bonds. The van der Waals surface area contributed by atoms with Gasteiger partial charge in [-0.15, -0.1) is 0 Å². The van der Waals surface area contributed by atoms with Crippen LogP contribution < -0.4 is 0 Å². The Morgan fingerprint density at radius 2 is 1.33 bits per heavy atom. The maximum Gasteiger partial charge on any atom is 0.210 e. The molecule has 0 heterocycles. The van der Waals surface area contributed by atoms with E-state index in [1.54, 1.807) is 27.7 Å². The summed E-state index contributed by atoms with van der Waals surface area (Å²) in [4.78, 5) is -0.128. The van der Waals surface area contributed by atoms with Crippen molar-refractivity contribution in [1.82, 2.24) is 0 Å². The molecular formula is C16H18O4S. The minimum absolute atomic E-state index is 0.0125. The Balaban J connectivity index is 2.77. The molecule has 112 valence electrons. The predicted molar refractivity (Wildman–Crippen MR) is 80.6 cm³/mol. The lowest BCUT2D eigenvalue weighted by atomic mass is 10.1. The SMILES string of the molecule is Cc1cc(O)c(C)c(S(=O)(=O)c2cc(C)c(C)cc2O)c1. The van der Waals surface area contributed by atoms with E-state index < -0.39 is 9.84 Å². The van der Waals surface area contributed by atoms with Crippen molar-refractivity contribution in [3.05, 3.63) is 46.5 Å². The lowest BCUT2D eigenvalue weighted by Crippen LogP contribution is -2.06. The molecule has 4 nitrogen and oxygen atoms in total. The van der Waals surface area contributed by atoms with Crippen LogP contribution in [0.1, 0.15) is 22.3 Å². The standard InChI is InChI=1S/C16H18O4S/c1-9-5-13(17)12(4)15(6-9)21(19,20)16-8-11(3)10(2)7-14(16)18/h5-8,17-18H,1-4H3. The zero-order valence-electron chi connectivity index (χ0n) is 12.4. The minimum atomic E-state index is -3.89. The van der Waals surface area contributed by atoms with Gasteiger partial charge in [-0.3, -0.25) is 0 Å². The van der Waals surface area contributed by atoms with Gasteiger partial charge in [0.1, 0.15) is 16.4 Å². The molecule has 21 heavy (non-hydrogen) atoms. The van der Waals surface area contributed by atoms with Crippen molar-refractivity contribution in [2.24, 2.45) is 0 Å². The van der Waals surface area contributed by atoms with Crippen LogP contribution in [0.3, 0.4) is 0 Å². The number of benzene rings is 2. The van der Waals surface area contributed by atoms with E-state index >= 15 is 0 Å². The second-order valence-corrected chi connectivity index (χ2v) is 7.20. The number of sulfone groups is 1. The molecule has 2 rings (SSSR count). The first kappa shape index (κ1) is 15.4. The van der Waals surface area contributed by atoms with Gasteiger partial charge in [-0.05, 0) is 68.7 Å². The van der Waals surface area contributed by atoms with Gasteiger partial charge in [0.25, 0.3) is 0 Å². The highest BCUT2D eigenvalue weighted by Gasteiger charge is 2.25.